The standard InChI is InChI=1S/C21H26N4O6S2/c1-17-3-7-19(8-4-17)32(28,29)23-12-11-22-13-21(14-23,25(26)27)15-24(16-22)33(30,31)20-9-5-18(2)6-10-20/h3-10H,11-16H2,1-2H3/p+1/t21-/m1/s1. The topological polar surface area (TPSA) is 122 Å². The molecule has 1 unspecified atom stereocenters. The van der Waals surface area contributed by atoms with Crippen molar-refractivity contribution in [2.45, 2.75) is 29.2 Å². The van der Waals surface area contributed by atoms with Crippen molar-refractivity contribution in [1.82, 2.24) is 8.61 Å². The lowest BCUT2D eigenvalue weighted by molar-refractivity contribution is -0.929. The first-order valence-electron chi connectivity index (χ1n) is 10.6. The molecule has 2 aromatic rings. The van der Waals surface area contributed by atoms with Crippen LogP contribution in [0.2, 0.25) is 0 Å². The molecule has 2 heterocycles. The van der Waals surface area contributed by atoms with E-state index in [1.165, 1.54) is 24.3 Å². The normalized spacial score (nSPS) is 24.8. The summed E-state index contributed by atoms with van der Waals surface area (Å²) < 4.78 is 55.5. The van der Waals surface area contributed by atoms with E-state index in [9.17, 15) is 26.9 Å². The fraction of sp³-hybridized carbons (Fsp3) is 0.429. The highest BCUT2D eigenvalue weighted by Crippen LogP contribution is 2.26. The van der Waals surface area contributed by atoms with Crippen LogP contribution >= 0.6 is 0 Å². The van der Waals surface area contributed by atoms with Crippen LogP contribution in [0.5, 0.6) is 0 Å². The van der Waals surface area contributed by atoms with E-state index < -0.39 is 30.5 Å². The first-order chi connectivity index (χ1) is 15.4. The van der Waals surface area contributed by atoms with E-state index in [0.717, 1.165) is 19.7 Å². The Morgan fingerprint density at radius 1 is 0.848 bits per heavy atom. The summed E-state index contributed by atoms with van der Waals surface area (Å²) in [7, 11) is -7.95. The summed E-state index contributed by atoms with van der Waals surface area (Å²) in [5.41, 5.74) is 0.0453. The molecule has 2 atom stereocenters. The van der Waals surface area contributed by atoms with Gasteiger partial charge in [0.05, 0.1) is 36.0 Å². The van der Waals surface area contributed by atoms with E-state index in [1.807, 2.05) is 13.8 Å². The molecule has 0 amide bonds. The Morgan fingerprint density at radius 3 is 1.79 bits per heavy atom. The maximum absolute atomic E-state index is 13.3. The molecule has 2 aromatic carbocycles. The van der Waals surface area contributed by atoms with Crippen LogP contribution in [0.3, 0.4) is 0 Å². The number of rotatable bonds is 5. The van der Waals surface area contributed by atoms with Crippen molar-refractivity contribution in [3.63, 3.8) is 0 Å². The predicted molar refractivity (Wildman–Crippen MR) is 120 cm³/mol. The molecule has 0 aromatic heterocycles. The number of quaternary nitrogens is 1. The smallest absolute Gasteiger partial charge is 0.296 e. The Morgan fingerprint density at radius 2 is 1.30 bits per heavy atom. The average molecular weight is 496 g/mol. The van der Waals surface area contributed by atoms with Crippen molar-refractivity contribution in [2.24, 2.45) is 0 Å². The summed E-state index contributed by atoms with van der Waals surface area (Å²) in [6.07, 6.45) is 0. The van der Waals surface area contributed by atoms with E-state index in [2.05, 4.69) is 0 Å². The van der Waals surface area contributed by atoms with Crippen LogP contribution in [0, 0.1) is 24.0 Å². The van der Waals surface area contributed by atoms with E-state index in [1.54, 1.807) is 24.3 Å². The maximum atomic E-state index is 13.3. The van der Waals surface area contributed by atoms with Crippen molar-refractivity contribution in [1.29, 1.82) is 0 Å². The number of benzene rings is 2. The van der Waals surface area contributed by atoms with Gasteiger partial charge in [0, 0.05) is 4.92 Å². The number of nitro groups is 1. The SMILES string of the molecule is Cc1ccc(S(=O)(=O)N2CC[NH+]3CN(S(=O)(=O)c4ccc(C)cc4)C[C@]([N+](=O)[O-])(C2)C3)cc1. The number of sulfonamides is 2. The van der Waals surface area contributed by atoms with Gasteiger partial charge in [-0.25, -0.2) is 16.8 Å². The van der Waals surface area contributed by atoms with Crippen LogP contribution in [0.15, 0.2) is 58.3 Å². The second kappa shape index (κ2) is 8.44. The number of nitrogens with zero attached hydrogens (tertiary/aromatic N) is 3. The van der Waals surface area contributed by atoms with Crippen molar-refractivity contribution >= 4 is 20.0 Å². The molecule has 2 aliphatic heterocycles. The number of nitrogens with one attached hydrogen (secondary N) is 1. The molecule has 0 spiro atoms. The third-order valence-electron chi connectivity index (χ3n) is 6.34. The highest BCUT2D eigenvalue weighted by atomic mass is 32.2. The Hall–Kier alpha value is -2.38. The summed E-state index contributed by atoms with van der Waals surface area (Å²) in [6.45, 7) is 3.34. The van der Waals surface area contributed by atoms with Crippen LogP contribution in [0.1, 0.15) is 11.1 Å². The molecule has 2 bridgehead atoms. The van der Waals surface area contributed by atoms with Gasteiger partial charge in [-0.15, -0.1) is 4.31 Å². The van der Waals surface area contributed by atoms with Gasteiger partial charge >= 0.3 is 0 Å². The van der Waals surface area contributed by atoms with Crippen molar-refractivity contribution < 1.29 is 26.7 Å². The lowest BCUT2D eigenvalue weighted by atomic mass is 9.98. The predicted octanol–water partition coefficient (Wildman–Crippen LogP) is -0.130. The van der Waals surface area contributed by atoms with Gasteiger partial charge in [0.2, 0.25) is 20.0 Å². The van der Waals surface area contributed by atoms with Gasteiger partial charge in [0.25, 0.3) is 5.54 Å². The minimum absolute atomic E-state index is 0.0459. The van der Waals surface area contributed by atoms with E-state index in [0.29, 0.717) is 4.90 Å². The Labute approximate surface area is 193 Å². The lowest BCUT2D eigenvalue weighted by Crippen LogP contribution is -3.17. The van der Waals surface area contributed by atoms with Gasteiger partial charge in [-0.2, -0.15) is 4.31 Å². The second-order valence-corrected chi connectivity index (χ2v) is 12.8. The van der Waals surface area contributed by atoms with Gasteiger partial charge in [0.1, 0.15) is 6.67 Å². The van der Waals surface area contributed by atoms with Gasteiger partial charge in [-0.1, -0.05) is 35.4 Å². The van der Waals surface area contributed by atoms with Crippen LogP contribution in [0.25, 0.3) is 0 Å². The summed E-state index contributed by atoms with van der Waals surface area (Å²) >= 11 is 0. The minimum atomic E-state index is -3.98. The summed E-state index contributed by atoms with van der Waals surface area (Å²) in [5.74, 6) is 0. The van der Waals surface area contributed by atoms with Crippen molar-refractivity contribution in [2.75, 3.05) is 39.4 Å². The van der Waals surface area contributed by atoms with Gasteiger partial charge in [-0.05, 0) is 38.1 Å². The largest absolute Gasteiger partial charge is 0.314 e. The molecular weight excluding hydrogens is 468 g/mol. The van der Waals surface area contributed by atoms with Crippen LogP contribution in [-0.2, 0) is 20.0 Å². The lowest BCUT2D eigenvalue weighted by Gasteiger charge is -2.37. The van der Waals surface area contributed by atoms with Crippen LogP contribution in [-0.4, -0.2) is 75.3 Å². The number of fused-ring (bicyclic) bond motifs is 2. The first-order valence-corrected chi connectivity index (χ1v) is 13.4. The highest BCUT2D eigenvalue weighted by molar-refractivity contribution is 7.89. The van der Waals surface area contributed by atoms with Gasteiger partial charge in [-0.3, -0.25) is 10.1 Å². The van der Waals surface area contributed by atoms with Crippen LogP contribution in [0.4, 0.5) is 0 Å². The number of aryl methyl sites for hydroxylation is 2. The minimum Gasteiger partial charge on any atom is -0.314 e. The van der Waals surface area contributed by atoms with Crippen LogP contribution < -0.4 is 4.90 Å². The van der Waals surface area contributed by atoms with E-state index in [4.69, 9.17) is 0 Å². The molecule has 2 saturated heterocycles. The molecule has 12 heteroatoms. The molecule has 0 radical (unpaired) electrons. The van der Waals surface area contributed by atoms with Gasteiger partial charge < -0.3 is 4.90 Å². The summed E-state index contributed by atoms with van der Waals surface area (Å²) in [4.78, 5) is 12.6. The molecule has 2 fully saturated rings. The second-order valence-electron chi connectivity index (χ2n) is 8.90. The molecule has 33 heavy (non-hydrogen) atoms. The fourth-order valence-electron chi connectivity index (χ4n) is 4.45. The Kier molecular flexibility index (Phi) is 6.08. The molecule has 178 valence electrons. The molecular formula is C21H27N4O6S2+. The Balaban J connectivity index is 1.69. The number of hydrogen-bond donors (Lipinski definition) is 1. The molecule has 4 rings (SSSR count). The molecule has 1 N–H and O–H groups in total. The molecule has 0 aliphatic carbocycles. The zero-order chi connectivity index (χ0) is 24.0. The van der Waals surface area contributed by atoms with E-state index >= 15 is 0 Å². The maximum Gasteiger partial charge on any atom is 0.296 e. The number of hydrogen-bond acceptors (Lipinski definition) is 6. The molecule has 2 aliphatic rings. The molecule has 0 saturated carbocycles. The average Bonchev–Trinajstić information content (AvgIpc) is 2.90. The fourth-order valence-corrected chi connectivity index (χ4v) is 7.51. The first kappa shape index (κ1) is 23.8. The zero-order valence-corrected chi connectivity index (χ0v) is 20.1. The monoisotopic (exact) mass is 495 g/mol. The third kappa shape index (κ3) is 4.41. The zero-order valence-electron chi connectivity index (χ0n) is 18.5. The summed E-state index contributed by atoms with van der Waals surface area (Å²) in [5, 5.41) is 12.3. The summed E-state index contributed by atoms with van der Waals surface area (Å²) in [6, 6.07) is 12.7. The highest BCUT2D eigenvalue weighted by Gasteiger charge is 2.58. The van der Waals surface area contributed by atoms with Gasteiger partial charge in [0.15, 0.2) is 6.54 Å². The quantitative estimate of drug-likeness (QED) is 0.456. The Bertz CT molecular complexity index is 1190. The molecule has 10 nitrogen and oxygen atoms in total. The van der Waals surface area contributed by atoms with E-state index in [-0.39, 0.29) is 49.2 Å². The third-order valence-corrected chi connectivity index (χ3v) is 10.0. The van der Waals surface area contributed by atoms with Crippen molar-refractivity contribution in [3.05, 3.63) is 69.8 Å². The van der Waals surface area contributed by atoms with Crippen molar-refractivity contribution in [3.8, 4) is 0 Å².